The molecule has 5 heteroatoms. The van der Waals surface area contributed by atoms with Crippen molar-refractivity contribution in [2.45, 2.75) is 6.92 Å². The van der Waals surface area contributed by atoms with Crippen molar-refractivity contribution in [1.82, 2.24) is 15.3 Å². The van der Waals surface area contributed by atoms with Gasteiger partial charge in [-0.25, -0.2) is 5.06 Å². The minimum Gasteiger partial charge on any atom is -0.286 e. The van der Waals surface area contributed by atoms with Gasteiger partial charge in [-0.1, -0.05) is 0 Å². The van der Waals surface area contributed by atoms with Crippen molar-refractivity contribution in [2.24, 2.45) is 0 Å². The Kier molecular flexibility index (Phi) is 2.71. The average Bonchev–Trinajstić information content (AvgIpc) is 2.17. The van der Waals surface area contributed by atoms with Gasteiger partial charge in [0.25, 0.3) is 5.91 Å². The summed E-state index contributed by atoms with van der Waals surface area (Å²) in [5, 5.41) is 16.6. The molecule has 64 valence electrons. The van der Waals surface area contributed by atoms with E-state index in [9.17, 15) is 4.79 Å². The van der Waals surface area contributed by atoms with Crippen LogP contribution in [0.15, 0.2) is 18.3 Å². The third kappa shape index (κ3) is 1.76. The molecule has 0 saturated carbocycles. The van der Waals surface area contributed by atoms with Gasteiger partial charge in [0.1, 0.15) is 0 Å². The molecule has 1 aromatic rings. The maximum atomic E-state index is 11.1. The van der Waals surface area contributed by atoms with Gasteiger partial charge in [-0.2, -0.15) is 5.10 Å². The van der Waals surface area contributed by atoms with Crippen molar-refractivity contribution in [3.63, 3.8) is 0 Å². The summed E-state index contributed by atoms with van der Waals surface area (Å²) in [5.41, 5.74) is 0.141. The first-order valence-corrected chi connectivity index (χ1v) is 3.54. The van der Waals surface area contributed by atoms with E-state index in [1.807, 2.05) is 0 Å². The van der Waals surface area contributed by atoms with Gasteiger partial charge in [0.05, 0.1) is 0 Å². The molecular weight excluding hydrogens is 158 g/mol. The number of rotatable bonds is 2. The number of amides is 1. The Bertz CT molecular complexity index is 263. The number of nitrogens with zero attached hydrogens (tertiary/aromatic N) is 3. The van der Waals surface area contributed by atoms with Crippen LogP contribution in [0.1, 0.15) is 17.4 Å². The molecule has 0 atom stereocenters. The van der Waals surface area contributed by atoms with Crippen LogP contribution in [0.5, 0.6) is 0 Å². The summed E-state index contributed by atoms with van der Waals surface area (Å²) in [7, 11) is 0. The van der Waals surface area contributed by atoms with Crippen molar-refractivity contribution in [1.29, 1.82) is 0 Å². The van der Waals surface area contributed by atoms with Crippen molar-refractivity contribution in [2.75, 3.05) is 6.54 Å². The van der Waals surface area contributed by atoms with Gasteiger partial charge in [0, 0.05) is 12.7 Å². The Morgan fingerprint density at radius 3 is 3.00 bits per heavy atom. The van der Waals surface area contributed by atoms with Crippen LogP contribution in [0.4, 0.5) is 0 Å². The topological polar surface area (TPSA) is 66.3 Å². The smallest absolute Gasteiger partial charge is 0.286 e. The first kappa shape index (κ1) is 8.61. The molecule has 0 aliphatic heterocycles. The summed E-state index contributed by atoms with van der Waals surface area (Å²) in [6.07, 6.45) is 1.46. The molecule has 0 aromatic carbocycles. The van der Waals surface area contributed by atoms with E-state index in [4.69, 9.17) is 5.21 Å². The summed E-state index contributed by atoms with van der Waals surface area (Å²) < 4.78 is 0. The standard InChI is InChI=1S/C7H9N3O2/c1-2-10(12)7(11)6-4-3-5-8-9-6/h3-5,12H,2H2,1H3. The van der Waals surface area contributed by atoms with E-state index in [-0.39, 0.29) is 12.2 Å². The summed E-state index contributed by atoms with van der Waals surface area (Å²) in [6.45, 7) is 1.89. The Labute approximate surface area is 69.6 Å². The Morgan fingerprint density at radius 1 is 1.75 bits per heavy atom. The molecule has 0 fully saturated rings. The van der Waals surface area contributed by atoms with Crippen LogP contribution in [0.3, 0.4) is 0 Å². The van der Waals surface area contributed by atoms with E-state index in [2.05, 4.69) is 10.2 Å². The quantitative estimate of drug-likeness (QED) is 0.509. The third-order valence-corrected chi connectivity index (χ3v) is 1.33. The van der Waals surface area contributed by atoms with Gasteiger partial charge in [0.15, 0.2) is 5.69 Å². The van der Waals surface area contributed by atoms with E-state index in [0.717, 1.165) is 0 Å². The number of hydroxylamine groups is 2. The molecule has 0 unspecified atom stereocenters. The fraction of sp³-hybridized carbons (Fsp3) is 0.286. The van der Waals surface area contributed by atoms with Gasteiger partial charge in [-0.15, -0.1) is 5.10 Å². The highest BCUT2D eigenvalue weighted by atomic mass is 16.5. The Hall–Kier alpha value is -1.49. The second kappa shape index (κ2) is 3.77. The first-order chi connectivity index (χ1) is 5.75. The highest BCUT2D eigenvalue weighted by Crippen LogP contribution is 1.96. The molecule has 1 rings (SSSR count). The zero-order valence-electron chi connectivity index (χ0n) is 6.64. The predicted molar refractivity (Wildman–Crippen MR) is 40.5 cm³/mol. The van der Waals surface area contributed by atoms with Crippen molar-refractivity contribution in [3.8, 4) is 0 Å². The van der Waals surface area contributed by atoms with E-state index in [0.29, 0.717) is 5.06 Å². The summed E-state index contributed by atoms with van der Waals surface area (Å²) in [4.78, 5) is 11.1. The monoisotopic (exact) mass is 167 g/mol. The van der Waals surface area contributed by atoms with Crippen molar-refractivity contribution in [3.05, 3.63) is 24.0 Å². The number of aromatic nitrogens is 2. The fourth-order valence-electron chi connectivity index (χ4n) is 0.691. The molecule has 1 heterocycles. The molecule has 1 aromatic heterocycles. The molecule has 0 aliphatic carbocycles. The van der Waals surface area contributed by atoms with E-state index in [1.165, 1.54) is 12.3 Å². The largest absolute Gasteiger partial charge is 0.297 e. The van der Waals surface area contributed by atoms with Crippen molar-refractivity contribution < 1.29 is 10.0 Å². The molecule has 0 radical (unpaired) electrons. The minimum absolute atomic E-state index is 0.141. The van der Waals surface area contributed by atoms with Crippen LogP contribution in [-0.2, 0) is 0 Å². The highest BCUT2D eigenvalue weighted by molar-refractivity contribution is 5.91. The Morgan fingerprint density at radius 2 is 2.50 bits per heavy atom. The SMILES string of the molecule is CCN(O)C(=O)c1cccnn1. The summed E-state index contributed by atoms with van der Waals surface area (Å²) >= 11 is 0. The molecule has 0 bridgehead atoms. The summed E-state index contributed by atoms with van der Waals surface area (Å²) in [5.74, 6) is -0.536. The molecular formula is C7H9N3O2. The molecule has 0 aliphatic rings. The lowest BCUT2D eigenvalue weighted by atomic mass is 10.3. The Balaban J connectivity index is 2.79. The highest BCUT2D eigenvalue weighted by Gasteiger charge is 2.12. The molecule has 0 spiro atoms. The third-order valence-electron chi connectivity index (χ3n) is 1.33. The van der Waals surface area contributed by atoms with Crippen LogP contribution in [-0.4, -0.2) is 32.9 Å². The number of carbonyl (C=O) groups excluding carboxylic acids is 1. The fourth-order valence-corrected chi connectivity index (χ4v) is 0.691. The van der Waals surface area contributed by atoms with E-state index >= 15 is 0 Å². The average molecular weight is 167 g/mol. The number of carbonyl (C=O) groups is 1. The maximum absolute atomic E-state index is 11.1. The van der Waals surface area contributed by atoms with Gasteiger partial charge < -0.3 is 0 Å². The molecule has 5 nitrogen and oxygen atoms in total. The zero-order chi connectivity index (χ0) is 8.97. The molecule has 0 saturated heterocycles. The minimum atomic E-state index is -0.536. The van der Waals surface area contributed by atoms with Crippen LogP contribution in [0.25, 0.3) is 0 Å². The van der Waals surface area contributed by atoms with Gasteiger partial charge in [-0.3, -0.25) is 10.0 Å². The lowest BCUT2D eigenvalue weighted by Crippen LogP contribution is -2.27. The lowest BCUT2D eigenvalue weighted by molar-refractivity contribution is -0.0546. The second-order valence-electron chi connectivity index (χ2n) is 2.13. The predicted octanol–water partition coefficient (Wildman–Crippen LogP) is 0.328. The number of hydrogen-bond acceptors (Lipinski definition) is 4. The summed E-state index contributed by atoms with van der Waals surface area (Å²) in [6, 6.07) is 3.08. The second-order valence-corrected chi connectivity index (χ2v) is 2.13. The maximum Gasteiger partial charge on any atom is 0.297 e. The molecule has 1 N–H and O–H groups in total. The van der Waals surface area contributed by atoms with Crippen LogP contribution in [0, 0.1) is 0 Å². The lowest BCUT2D eigenvalue weighted by Gasteiger charge is -2.09. The van der Waals surface area contributed by atoms with Crippen LogP contribution < -0.4 is 0 Å². The van der Waals surface area contributed by atoms with Gasteiger partial charge >= 0.3 is 0 Å². The van der Waals surface area contributed by atoms with Crippen LogP contribution >= 0.6 is 0 Å². The molecule has 12 heavy (non-hydrogen) atoms. The number of hydrogen-bond donors (Lipinski definition) is 1. The normalized spacial score (nSPS) is 9.50. The van der Waals surface area contributed by atoms with E-state index < -0.39 is 5.91 Å². The van der Waals surface area contributed by atoms with Crippen molar-refractivity contribution >= 4 is 5.91 Å². The first-order valence-electron chi connectivity index (χ1n) is 3.54. The van der Waals surface area contributed by atoms with Gasteiger partial charge in [-0.05, 0) is 19.1 Å². The van der Waals surface area contributed by atoms with Gasteiger partial charge in [0.2, 0.25) is 0 Å². The zero-order valence-corrected chi connectivity index (χ0v) is 6.64. The molecule has 1 amide bonds. The van der Waals surface area contributed by atoms with Crippen LogP contribution in [0.2, 0.25) is 0 Å². The van der Waals surface area contributed by atoms with E-state index in [1.54, 1.807) is 13.0 Å².